The number of aromatic nitrogens is 3. The molecule has 162 valence electrons. The van der Waals surface area contributed by atoms with E-state index in [1.807, 2.05) is 37.5 Å². The van der Waals surface area contributed by atoms with Crippen LogP contribution >= 0.6 is 0 Å². The summed E-state index contributed by atoms with van der Waals surface area (Å²) in [5.74, 6) is 2.02. The van der Waals surface area contributed by atoms with Gasteiger partial charge in [0.1, 0.15) is 17.2 Å². The largest absolute Gasteiger partial charge is 0.495 e. The van der Waals surface area contributed by atoms with Gasteiger partial charge in [0.15, 0.2) is 0 Å². The summed E-state index contributed by atoms with van der Waals surface area (Å²) < 4.78 is 5.60. The van der Waals surface area contributed by atoms with Crippen molar-refractivity contribution in [1.29, 1.82) is 5.41 Å². The first-order chi connectivity index (χ1) is 15.2. The van der Waals surface area contributed by atoms with Crippen molar-refractivity contribution in [2.24, 2.45) is 0 Å². The normalized spacial score (nSPS) is 15.0. The molecule has 1 aliphatic carbocycles. The summed E-state index contributed by atoms with van der Waals surface area (Å²) >= 11 is 0. The van der Waals surface area contributed by atoms with Gasteiger partial charge in [-0.05, 0) is 37.1 Å². The summed E-state index contributed by atoms with van der Waals surface area (Å²) in [6, 6.07) is 8.27. The second-order valence-corrected chi connectivity index (χ2v) is 7.65. The van der Waals surface area contributed by atoms with E-state index in [1.54, 1.807) is 13.2 Å². The Hall–Kier alpha value is -3.55. The highest BCUT2D eigenvalue weighted by Crippen LogP contribution is 2.31. The Labute approximate surface area is 182 Å². The van der Waals surface area contributed by atoms with Crippen LogP contribution in [0.1, 0.15) is 37.7 Å². The fourth-order valence-corrected chi connectivity index (χ4v) is 4.04. The number of allylic oxidation sites excluding steroid dienone is 1. The number of fused-ring (bicyclic) bond motifs is 1. The van der Waals surface area contributed by atoms with Gasteiger partial charge in [0.2, 0.25) is 5.95 Å². The topological polar surface area (TPSA) is 111 Å². The maximum atomic E-state index is 7.33. The van der Waals surface area contributed by atoms with Crippen molar-refractivity contribution in [3.05, 3.63) is 42.1 Å². The molecule has 1 aromatic carbocycles. The third-order valence-electron chi connectivity index (χ3n) is 5.64. The van der Waals surface area contributed by atoms with Gasteiger partial charge in [-0.3, -0.25) is 0 Å². The van der Waals surface area contributed by atoms with Crippen LogP contribution in [0.3, 0.4) is 0 Å². The van der Waals surface area contributed by atoms with Crippen LogP contribution in [0.5, 0.6) is 5.75 Å². The van der Waals surface area contributed by atoms with E-state index in [1.165, 1.54) is 38.3 Å². The number of hydrogen-bond donors (Lipinski definition) is 5. The Morgan fingerprint density at radius 1 is 1.19 bits per heavy atom. The minimum absolute atomic E-state index is 0.448. The maximum Gasteiger partial charge on any atom is 0.231 e. The van der Waals surface area contributed by atoms with E-state index < -0.39 is 0 Å². The first-order valence-electron chi connectivity index (χ1n) is 10.7. The summed E-state index contributed by atoms with van der Waals surface area (Å²) in [4.78, 5) is 12.6. The Kier molecular flexibility index (Phi) is 6.35. The second-order valence-electron chi connectivity index (χ2n) is 7.65. The highest BCUT2D eigenvalue weighted by molar-refractivity contribution is 5.89. The third kappa shape index (κ3) is 4.63. The lowest BCUT2D eigenvalue weighted by Gasteiger charge is -2.23. The van der Waals surface area contributed by atoms with Crippen LogP contribution in [0.15, 0.2) is 36.5 Å². The second kappa shape index (κ2) is 9.51. The summed E-state index contributed by atoms with van der Waals surface area (Å²) in [5.41, 5.74) is 3.32. The standard InChI is InChI=1S/C23H29N7O/c1-25-18(10-12-24)15-8-9-19(20(14-15)31-2)28-23-29-21-17(11-13-26-21)22(30-23)27-16-6-4-3-5-7-16/h8-14,16,24-25H,3-7H2,1-2H3,(H3,26,27,28,29,30)/b18-10-,24-12?. The molecule has 1 aliphatic rings. The Bertz CT molecular complexity index is 1080. The van der Waals surface area contributed by atoms with Crippen molar-refractivity contribution >= 4 is 40.4 Å². The van der Waals surface area contributed by atoms with Crippen molar-refractivity contribution in [3.8, 4) is 5.75 Å². The molecular formula is C23H29N7O. The smallest absolute Gasteiger partial charge is 0.231 e. The van der Waals surface area contributed by atoms with E-state index in [9.17, 15) is 0 Å². The summed E-state index contributed by atoms with van der Waals surface area (Å²) in [5, 5.41) is 18.4. The molecule has 3 aromatic rings. The molecule has 0 spiro atoms. The maximum absolute atomic E-state index is 7.33. The molecule has 0 aliphatic heterocycles. The van der Waals surface area contributed by atoms with Gasteiger partial charge in [-0.2, -0.15) is 9.97 Å². The molecule has 8 heteroatoms. The van der Waals surface area contributed by atoms with Gasteiger partial charge in [0, 0.05) is 36.8 Å². The van der Waals surface area contributed by atoms with Gasteiger partial charge < -0.3 is 31.1 Å². The average molecular weight is 420 g/mol. The van der Waals surface area contributed by atoms with Crippen LogP contribution < -0.4 is 20.7 Å². The lowest BCUT2D eigenvalue weighted by atomic mass is 9.95. The first kappa shape index (κ1) is 20.7. The van der Waals surface area contributed by atoms with Crippen LogP contribution in [0.4, 0.5) is 17.5 Å². The van der Waals surface area contributed by atoms with E-state index in [0.717, 1.165) is 33.8 Å². The Morgan fingerprint density at radius 2 is 2.03 bits per heavy atom. The fourth-order valence-electron chi connectivity index (χ4n) is 4.04. The van der Waals surface area contributed by atoms with E-state index in [4.69, 9.17) is 15.1 Å². The molecule has 0 saturated heterocycles. The Balaban J connectivity index is 1.63. The number of nitrogens with one attached hydrogen (secondary N) is 5. The van der Waals surface area contributed by atoms with Gasteiger partial charge in [-0.25, -0.2) is 0 Å². The van der Waals surface area contributed by atoms with Gasteiger partial charge in [-0.1, -0.05) is 25.3 Å². The molecule has 0 unspecified atom stereocenters. The SMILES string of the molecule is CN/C(=C\C=N)c1ccc(Nc2nc(NC3CCCCC3)c3cc[nH]c3n2)c(OC)c1. The van der Waals surface area contributed by atoms with E-state index in [-0.39, 0.29) is 0 Å². The minimum atomic E-state index is 0.448. The lowest BCUT2D eigenvalue weighted by molar-refractivity contribution is 0.416. The predicted octanol–water partition coefficient (Wildman–Crippen LogP) is 4.66. The van der Waals surface area contributed by atoms with Gasteiger partial charge in [0.25, 0.3) is 0 Å². The lowest BCUT2D eigenvalue weighted by Crippen LogP contribution is -2.23. The number of benzene rings is 1. The monoisotopic (exact) mass is 419 g/mol. The Morgan fingerprint density at radius 3 is 2.77 bits per heavy atom. The quantitative estimate of drug-likeness (QED) is 0.340. The number of nitrogens with zero attached hydrogens (tertiary/aromatic N) is 2. The zero-order chi connectivity index (χ0) is 21.6. The molecule has 0 radical (unpaired) electrons. The van der Waals surface area contributed by atoms with Crippen LogP contribution in [0.25, 0.3) is 16.7 Å². The number of rotatable bonds is 8. The van der Waals surface area contributed by atoms with Crippen molar-refractivity contribution in [2.75, 3.05) is 24.8 Å². The van der Waals surface area contributed by atoms with Gasteiger partial charge in [0.05, 0.1) is 18.2 Å². The number of anilines is 3. The van der Waals surface area contributed by atoms with Crippen molar-refractivity contribution in [1.82, 2.24) is 20.3 Å². The highest BCUT2D eigenvalue weighted by atomic mass is 16.5. The average Bonchev–Trinajstić information content (AvgIpc) is 3.27. The molecule has 0 atom stereocenters. The summed E-state index contributed by atoms with van der Waals surface area (Å²) in [6.45, 7) is 0. The molecule has 2 heterocycles. The van der Waals surface area contributed by atoms with Gasteiger partial charge in [-0.15, -0.1) is 0 Å². The first-order valence-corrected chi connectivity index (χ1v) is 10.7. The molecule has 1 saturated carbocycles. The number of H-pyrrole nitrogens is 1. The van der Waals surface area contributed by atoms with E-state index in [0.29, 0.717) is 17.7 Å². The van der Waals surface area contributed by atoms with Crippen molar-refractivity contribution < 1.29 is 4.74 Å². The van der Waals surface area contributed by atoms with E-state index in [2.05, 4.69) is 25.9 Å². The summed E-state index contributed by atoms with van der Waals surface area (Å²) in [6.07, 6.45) is 11.0. The molecule has 0 bridgehead atoms. The van der Waals surface area contributed by atoms with Crippen molar-refractivity contribution in [2.45, 2.75) is 38.1 Å². The number of hydrogen-bond acceptors (Lipinski definition) is 7. The fraction of sp³-hybridized carbons (Fsp3) is 0.348. The molecule has 31 heavy (non-hydrogen) atoms. The van der Waals surface area contributed by atoms with Crippen LogP contribution in [-0.2, 0) is 0 Å². The molecule has 5 N–H and O–H groups in total. The van der Waals surface area contributed by atoms with Gasteiger partial charge >= 0.3 is 0 Å². The molecule has 2 aromatic heterocycles. The molecule has 0 amide bonds. The number of methoxy groups -OCH3 is 1. The number of aromatic amines is 1. The minimum Gasteiger partial charge on any atom is -0.495 e. The molecular weight excluding hydrogens is 390 g/mol. The van der Waals surface area contributed by atoms with E-state index >= 15 is 0 Å². The zero-order valence-electron chi connectivity index (χ0n) is 18.0. The van der Waals surface area contributed by atoms with Crippen LogP contribution in [-0.4, -0.2) is 41.4 Å². The predicted molar refractivity (Wildman–Crippen MR) is 126 cm³/mol. The van der Waals surface area contributed by atoms with Crippen LogP contribution in [0.2, 0.25) is 0 Å². The third-order valence-corrected chi connectivity index (χ3v) is 5.64. The highest BCUT2D eigenvalue weighted by Gasteiger charge is 2.17. The summed E-state index contributed by atoms with van der Waals surface area (Å²) in [7, 11) is 3.46. The molecule has 4 rings (SSSR count). The molecule has 1 fully saturated rings. The zero-order valence-corrected chi connectivity index (χ0v) is 18.0. The molecule has 8 nitrogen and oxygen atoms in total. The van der Waals surface area contributed by atoms with Crippen LogP contribution in [0, 0.1) is 5.41 Å². The van der Waals surface area contributed by atoms with Crippen molar-refractivity contribution in [3.63, 3.8) is 0 Å². The number of ether oxygens (including phenoxy) is 1.